The normalized spacial score (nSPS) is 11.1. The van der Waals surface area contributed by atoms with Gasteiger partial charge < -0.3 is 9.73 Å². The number of fused-ring (bicyclic) bond motifs is 1. The minimum atomic E-state index is 0.739. The van der Waals surface area contributed by atoms with E-state index in [1.807, 2.05) is 32.0 Å². The molecule has 0 spiro atoms. The number of nitrogens with one attached hydrogen (secondary N) is 1. The summed E-state index contributed by atoms with van der Waals surface area (Å²) in [6.45, 7) is 4.78. The molecule has 0 aliphatic carbocycles. The summed E-state index contributed by atoms with van der Waals surface area (Å²) in [7, 11) is 0. The summed E-state index contributed by atoms with van der Waals surface area (Å²) in [6.07, 6.45) is 0.815. The van der Waals surface area contributed by atoms with Gasteiger partial charge in [-0.2, -0.15) is 0 Å². The minimum absolute atomic E-state index is 0.739. The van der Waals surface area contributed by atoms with Crippen LogP contribution in [-0.2, 0) is 13.0 Å². The van der Waals surface area contributed by atoms with Crippen molar-refractivity contribution in [2.45, 2.75) is 26.8 Å². The van der Waals surface area contributed by atoms with Crippen LogP contribution in [0, 0.1) is 6.92 Å². The van der Waals surface area contributed by atoms with E-state index in [0.717, 1.165) is 46.3 Å². The zero-order valence-electron chi connectivity index (χ0n) is 10.9. The standard InChI is InChI=1S/C14H15N3OS/c1-3-13-17-11-6-10(4-5-12(11)18-13)15-7-14-16-9(2)8-19-14/h4-6,8,15H,3,7H2,1-2H3. The van der Waals surface area contributed by atoms with E-state index in [0.29, 0.717) is 0 Å². The highest BCUT2D eigenvalue weighted by atomic mass is 32.1. The molecule has 0 atom stereocenters. The van der Waals surface area contributed by atoms with Gasteiger partial charge in [0.1, 0.15) is 10.5 Å². The first-order valence-electron chi connectivity index (χ1n) is 6.29. The second-order valence-corrected chi connectivity index (χ2v) is 5.32. The number of hydrogen-bond donors (Lipinski definition) is 1. The Hall–Kier alpha value is -1.88. The molecule has 98 valence electrons. The highest BCUT2D eigenvalue weighted by Gasteiger charge is 2.05. The fourth-order valence-electron chi connectivity index (χ4n) is 1.90. The van der Waals surface area contributed by atoms with Gasteiger partial charge in [0.2, 0.25) is 0 Å². The Kier molecular flexibility index (Phi) is 3.21. The van der Waals surface area contributed by atoms with Crippen LogP contribution in [-0.4, -0.2) is 9.97 Å². The number of aryl methyl sites for hydroxylation is 2. The molecule has 0 radical (unpaired) electrons. The van der Waals surface area contributed by atoms with E-state index in [9.17, 15) is 0 Å². The minimum Gasteiger partial charge on any atom is -0.441 e. The summed E-state index contributed by atoms with van der Waals surface area (Å²) < 4.78 is 5.59. The second kappa shape index (κ2) is 5.01. The van der Waals surface area contributed by atoms with Crippen molar-refractivity contribution in [2.75, 3.05) is 5.32 Å². The fourth-order valence-corrected chi connectivity index (χ4v) is 2.61. The Labute approximate surface area is 115 Å². The topological polar surface area (TPSA) is 51.0 Å². The lowest BCUT2D eigenvalue weighted by Crippen LogP contribution is -1.98. The molecular formula is C14H15N3OS. The smallest absolute Gasteiger partial charge is 0.195 e. The Morgan fingerprint density at radius 3 is 2.95 bits per heavy atom. The SMILES string of the molecule is CCc1nc2cc(NCc3nc(C)cs3)ccc2o1. The predicted octanol–water partition coefficient (Wildman–Crippen LogP) is 3.77. The van der Waals surface area contributed by atoms with E-state index >= 15 is 0 Å². The zero-order chi connectivity index (χ0) is 13.2. The molecule has 0 fully saturated rings. The molecule has 2 aromatic heterocycles. The van der Waals surface area contributed by atoms with E-state index in [-0.39, 0.29) is 0 Å². The molecule has 0 saturated heterocycles. The number of rotatable bonds is 4. The summed E-state index contributed by atoms with van der Waals surface area (Å²) in [5.74, 6) is 0.780. The second-order valence-electron chi connectivity index (χ2n) is 4.38. The van der Waals surface area contributed by atoms with Gasteiger partial charge in [-0.1, -0.05) is 6.92 Å². The van der Waals surface area contributed by atoms with E-state index < -0.39 is 0 Å². The number of oxazole rings is 1. The fraction of sp³-hybridized carbons (Fsp3) is 0.286. The number of benzene rings is 1. The van der Waals surface area contributed by atoms with E-state index in [4.69, 9.17) is 4.42 Å². The van der Waals surface area contributed by atoms with Gasteiger partial charge in [-0.15, -0.1) is 11.3 Å². The van der Waals surface area contributed by atoms with Gasteiger partial charge >= 0.3 is 0 Å². The van der Waals surface area contributed by atoms with Crippen LogP contribution < -0.4 is 5.32 Å². The molecule has 0 unspecified atom stereocenters. The molecule has 0 bridgehead atoms. The van der Waals surface area contributed by atoms with Gasteiger partial charge in [-0.25, -0.2) is 9.97 Å². The van der Waals surface area contributed by atoms with Crippen molar-refractivity contribution in [3.8, 4) is 0 Å². The molecule has 1 N–H and O–H groups in total. The van der Waals surface area contributed by atoms with Crippen molar-refractivity contribution in [3.63, 3.8) is 0 Å². The lowest BCUT2D eigenvalue weighted by Gasteiger charge is -2.03. The maximum absolute atomic E-state index is 5.59. The zero-order valence-corrected chi connectivity index (χ0v) is 11.8. The summed E-state index contributed by atoms with van der Waals surface area (Å²) in [6, 6.07) is 5.98. The van der Waals surface area contributed by atoms with Gasteiger partial charge in [0.15, 0.2) is 11.5 Å². The molecule has 0 amide bonds. The largest absolute Gasteiger partial charge is 0.441 e. The van der Waals surface area contributed by atoms with Crippen molar-refractivity contribution >= 4 is 28.1 Å². The monoisotopic (exact) mass is 273 g/mol. The van der Waals surface area contributed by atoms with Gasteiger partial charge in [0, 0.05) is 23.2 Å². The Morgan fingerprint density at radius 1 is 1.32 bits per heavy atom. The van der Waals surface area contributed by atoms with Crippen molar-refractivity contribution in [1.82, 2.24) is 9.97 Å². The van der Waals surface area contributed by atoms with Crippen molar-refractivity contribution < 1.29 is 4.42 Å². The molecule has 0 saturated carbocycles. The maximum Gasteiger partial charge on any atom is 0.195 e. The number of anilines is 1. The molecular weight excluding hydrogens is 258 g/mol. The maximum atomic E-state index is 5.59. The number of thiazole rings is 1. The third kappa shape index (κ3) is 2.61. The number of nitrogens with zero attached hydrogens (tertiary/aromatic N) is 2. The Morgan fingerprint density at radius 2 is 2.21 bits per heavy atom. The quantitative estimate of drug-likeness (QED) is 0.786. The van der Waals surface area contributed by atoms with Crippen LogP contribution in [0.1, 0.15) is 23.5 Å². The van der Waals surface area contributed by atoms with Crippen LogP contribution in [0.4, 0.5) is 5.69 Å². The van der Waals surface area contributed by atoms with E-state index in [1.54, 1.807) is 11.3 Å². The molecule has 3 aromatic rings. The van der Waals surface area contributed by atoms with Gasteiger partial charge in [-0.05, 0) is 25.1 Å². The molecule has 5 heteroatoms. The molecule has 3 rings (SSSR count). The third-order valence-corrected chi connectivity index (χ3v) is 3.81. The van der Waals surface area contributed by atoms with Crippen LogP contribution >= 0.6 is 11.3 Å². The van der Waals surface area contributed by atoms with Crippen molar-refractivity contribution in [1.29, 1.82) is 0 Å². The molecule has 0 aliphatic heterocycles. The van der Waals surface area contributed by atoms with Gasteiger partial charge in [0.25, 0.3) is 0 Å². The third-order valence-electron chi connectivity index (χ3n) is 2.84. The van der Waals surface area contributed by atoms with Crippen molar-refractivity contribution in [2.24, 2.45) is 0 Å². The molecule has 19 heavy (non-hydrogen) atoms. The highest BCUT2D eigenvalue weighted by molar-refractivity contribution is 7.09. The van der Waals surface area contributed by atoms with Gasteiger partial charge in [0.05, 0.1) is 6.54 Å². The molecule has 0 aliphatic rings. The van der Waals surface area contributed by atoms with E-state index in [1.165, 1.54) is 0 Å². The van der Waals surface area contributed by atoms with Crippen LogP contribution in [0.5, 0.6) is 0 Å². The average molecular weight is 273 g/mol. The summed E-state index contributed by atoms with van der Waals surface area (Å²) >= 11 is 1.67. The summed E-state index contributed by atoms with van der Waals surface area (Å²) in [5, 5.41) is 6.51. The number of hydrogen-bond acceptors (Lipinski definition) is 5. The molecule has 1 aromatic carbocycles. The van der Waals surface area contributed by atoms with Crippen molar-refractivity contribution in [3.05, 3.63) is 40.2 Å². The van der Waals surface area contributed by atoms with Crippen LogP contribution in [0.25, 0.3) is 11.1 Å². The Balaban J connectivity index is 1.77. The molecule has 2 heterocycles. The van der Waals surface area contributed by atoms with E-state index in [2.05, 4.69) is 20.7 Å². The van der Waals surface area contributed by atoms with Gasteiger partial charge in [-0.3, -0.25) is 0 Å². The van der Waals surface area contributed by atoms with Crippen LogP contribution in [0.3, 0.4) is 0 Å². The number of aromatic nitrogens is 2. The average Bonchev–Trinajstić information content (AvgIpc) is 3.01. The van der Waals surface area contributed by atoms with Crippen LogP contribution in [0.15, 0.2) is 28.0 Å². The summed E-state index contributed by atoms with van der Waals surface area (Å²) in [4.78, 5) is 8.86. The Bertz CT molecular complexity index is 702. The lowest BCUT2D eigenvalue weighted by atomic mass is 10.3. The lowest BCUT2D eigenvalue weighted by molar-refractivity contribution is 0.538. The first-order chi connectivity index (χ1) is 9.24. The first kappa shape index (κ1) is 12.2. The first-order valence-corrected chi connectivity index (χ1v) is 7.17. The summed E-state index contributed by atoms with van der Waals surface area (Å²) in [5.41, 5.74) is 3.85. The highest BCUT2D eigenvalue weighted by Crippen LogP contribution is 2.21. The predicted molar refractivity (Wildman–Crippen MR) is 77.6 cm³/mol. The molecule has 4 nitrogen and oxygen atoms in total. The van der Waals surface area contributed by atoms with Crippen LogP contribution in [0.2, 0.25) is 0 Å².